The van der Waals surface area contributed by atoms with E-state index in [4.69, 9.17) is 10.5 Å². The molecular formula is C14H13FN2O2. The van der Waals surface area contributed by atoms with Gasteiger partial charge in [-0.25, -0.2) is 9.37 Å². The molecule has 2 rings (SSSR count). The molecule has 0 spiro atoms. The van der Waals surface area contributed by atoms with Crippen LogP contribution in [0.15, 0.2) is 42.2 Å². The predicted octanol–water partition coefficient (Wildman–Crippen LogP) is 2.24. The molecule has 0 saturated carbocycles. The molecule has 2 N–H and O–H groups in total. The zero-order chi connectivity index (χ0) is 13.7. The van der Waals surface area contributed by atoms with Crippen LogP contribution in [0.25, 0.3) is 10.9 Å². The number of hydrogen-bond donors (Lipinski definition) is 1. The van der Waals surface area contributed by atoms with Crippen LogP contribution in [-0.4, -0.2) is 24.4 Å². The Hall–Kier alpha value is -2.27. The molecule has 0 aliphatic heterocycles. The summed E-state index contributed by atoms with van der Waals surface area (Å²) in [5.74, 6) is 0.598. The van der Waals surface area contributed by atoms with E-state index in [0.717, 1.165) is 5.39 Å². The summed E-state index contributed by atoms with van der Waals surface area (Å²) >= 11 is 0. The van der Waals surface area contributed by atoms with Crippen LogP contribution in [0.3, 0.4) is 0 Å². The molecule has 0 radical (unpaired) electrons. The molecular weight excluding hydrogens is 247 g/mol. The third kappa shape index (κ3) is 3.14. The Morgan fingerprint density at radius 2 is 2.21 bits per heavy atom. The Bertz CT molecular complexity index is 626. The summed E-state index contributed by atoms with van der Waals surface area (Å²) in [6.07, 6.45) is 1.16. The van der Waals surface area contributed by atoms with E-state index in [1.54, 1.807) is 30.3 Å². The molecule has 0 saturated heterocycles. The van der Waals surface area contributed by atoms with Gasteiger partial charge >= 0.3 is 0 Å². The van der Waals surface area contributed by atoms with Gasteiger partial charge in [0, 0.05) is 17.5 Å². The lowest BCUT2D eigenvalue weighted by atomic mass is 10.2. The van der Waals surface area contributed by atoms with Gasteiger partial charge in [0.05, 0.1) is 11.8 Å². The molecule has 1 heterocycles. The average Bonchev–Trinajstić information content (AvgIpc) is 2.47. The molecule has 1 aromatic carbocycles. The highest BCUT2D eigenvalue weighted by Gasteiger charge is 2.02. The van der Waals surface area contributed by atoms with Gasteiger partial charge in [0.1, 0.15) is 18.1 Å². The van der Waals surface area contributed by atoms with Crippen LogP contribution in [-0.2, 0) is 0 Å². The lowest BCUT2D eigenvalue weighted by Crippen LogP contribution is -2.10. The molecule has 0 unspecified atom stereocenters. The first-order valence-electron chi connectivity index (χ1n) is 5.74. The van der Waals surface area contributed by atoms with Crippen molar-refractivity contribution in [2.45, 2.75) is 0 Å². The van der Waals surface area contributed by atoms with Gasteiger partial charge < -0.3 is 10.5 Å². The van der Waals surface area contributed by atoms with Gasteiger partial charge in [-0.15, -0.1) is 0 Å². The maximum atomic E-state index is 12.3. The Morgan fingerprint density at radius 1 is 1.37 bits per heavy atom. The molecule has 19 heavy (non-hydrogen) atoms. The van der Waals surface area contributed by atoms with Crippen LogP contribution in [0.2, 0.25) is 0 Å². The normalized spacial score (nSPS) is 11.6. The molecule has 0 amide bonds. The van der Waals surface area contributed by atoms with E-state index >= 15 is 0 Å². The molecule has 5 heteroatoms. The molecule has 4 nitrogen and oxygen atoms in total. The number of nitrogens with zero attached hydrogens (tertiary/aromatic N) is 1. The lowest BCUT2D eigenvalue weighted by molar-refractivity contribution is 0.111. The number of rotatable bonds is 5. The Labute approximate surface area is 109 Å². The predicted molar refractivity (Wildman–Crippen MR) is 70.9 cm³/mol. The molecule has 0 atom stereocenters. The quantitative estimate of drug-likeness (QED) is 0.837. The zero-order valence-corrected chi connectivity index (χ0v) is 10.2. The first kappa shape index (κ1) is 13.2. The molecule has 0 bridgehead atoms. The Morgan fingerprint density at radius 3 is 2.89 bits per heavy atom. The minimum Gasteiger partial charge on any atom is -0.489 e. The average molecular weight is 260 g/mol. The van der Waals surface area contributed by atoms with Gasteiger partial charge in [-0.3, -0.25) is 4.79 Å². The number of ether oxygens (including phenoxy) is 1. The molecule has 0 aliphatic rings. The summed E-state index contributed by atoms with van der Waals surface area (Å²) < 4.78 is 17.8. The van der Waals surface area contributed by atoms with Crippen LogP contribution in [0.5, 0.6) is 5.75 Å². The second kappa shape index (κ2) is 6.06. The minimum absolute atomic E-state index is 0.109. The molecule has 0 fully saturated rings. The van der Waals surface area contributed by atoms with Crippen LogP contribution in [0.1, 0.15) is 10.5 Å². The summed E-state index contributed by atoms with van der Waals surface area (Å²) in [7, 11) is 0. The molecule has 0 aliphatic carbocycles. The maximum absolute atomic E-state index is 12.3. The van der Waals surface area contributed by atoms with Crippen molar-refractivity contribution in [1.29, 1.82) is 0 Å². The number of halogens is 1. The molecule has 98 valence electrons. The summed E-state index contributed by atoms with van der Waals surface area (Å²) in [5, 5.41) is 0.849. The fraction of sp³-hybridized carbons (Fsp3) is 0.143. The number of benzene rings is 1. The third-order valence-corrected chi connectivity index (χ3v) is 2.64. The number of carbonyl (C=O) groups excluding carboxylic acids is 1. The Balaban J connectivity index is 2.20. The van der Waals surface area contributed by atoms with Crippen molar-refractivity contribution in [3.05, 3.63) is 47.9 Å². The number of fused-ring (bicyclic) bond motifs is 1. The van der Waals surface area contributed by atoms with Crippen molar-refractivity contribution in [2.24, 2.45) is 5.73 Å². The van der Waals surface area contributed by atoms with Crippen LogP contribution in [0.4, 0.5) is 4.39 Å². The fourth-order valence-electron chi connectivity index (χ4n) is 1.59. The number of aromatic nitrogens is 1. The number of carbonyl (C=O) groups is 1. The minimum atomic E-state index is 0.109. The second-order valence-corrected chi connectivity index (χ2v) is 3.97. The van der Waals surface area contributed by atoms with E-state index in [-0.39, 0.29) is 13.2 Å². The monoisotopic (exact) mass is 260 g/mol. The van der Waals surface area contributed by atoms with Crippen LogP contribution >= 0.6 is 0 Å². The van der Waals surface area contributed by atoms with Gasteiger partial charge in [-0.1, -0.05) is 6.07 Å². The largest absolute Gasteiger partial charge is 0.489 e. The van der Waals surface area contributed by atoms with E-state index in [2.05, 4.69) is 4.98 Å². The number of nitrogens with two attached hydrogens (primary N) is 1. The van der Waals surface area contributed by atoms with Crippen molar-refractivity contribution >= 4 is 17.2 Å². The number of pyridine rings is 1. The maximum Gasteiger partial charge on any atom is 0.168 e. The lowest BCUT2D eigenvalue weighted by Gasteiger charge is -2.08. The highest BCUT2D eigenvalue weighted by molar-refractivity contribution is 5.84. The van der Waals surface area contributed by atoms with Crippen LogP contribution in [0, 0.1) is 0 Å². The van der Waals surface area contributed by atoms with Crippen molar-refractivity contribution in [1.82, 2.24) is 4.98 Å². The van der Waals surface area contributed by atoms with Crippen LogP contribution < -0.4 is 10.5 Å². The van der Waals surface area contributed by atoms with E-state index in [9.17, 15) is 9.18 Å². The highest BCUT2D eigenvalue weighted by Crippen LogP contribution is 2.20. The van der Waals surface area contributed by atoms with Gasteiger partial charge in [0.2, 0.25) is 0 Å². The smallest absolute Gasteiger partial charge is 0.168 e. The second-order valence-electron chi connectivity index (χ2n) is 3.97. The van der Waals surface area contributed by atoms with Crippen molar-refractivity contribution in [3.63, 3.8) is 0 Å². The van der Waals surface area contributed by atoms with E-state index in [1.807, 2.05) is 0 Å². The summed E-state index contributed by atoms with van der Waals surface area (Å²) in [4.78, 5) is 14.8. The fourth-order valence-corrected chi connectivity index (χ4v) is 1.59. The van der Waals surface area contributed by atoms with Gasteiger partial charge in [-0.05, 0) is 24.3 Å². The Kier molecular flexibility index (Phi) is 4.20. The standard InChI is InChI=1S/C14H13FN2O2/c15-6-10(7-16)9-19-13-3-4-14-11(5-13)1-2-12(8-18)17-14/h1-6,8H,7,9,16H2/b10-6+. The summed E-state index contributed by atoms with van der Waals surface area (Å²) in [6.45, 7) is 0.229. The van der Waals surface area contributed by atoms with Gasteiger partial charge in [0.25, 0.3) is 0 Å². The third-order valence-electron chi connectivity index (χ3n) is 2.64. The van der Waals surface area contributed by atoms with E-state index in [1.165, 1.54) is 0 Å². The topological polar surface area (TPSA) is 65.2 Å². The summed E-state index contributed by atoms with van der Waals surface area (Å²) in [5.41, 5.74) is 6.81. The molecule has 2 aromatic rings. The van der Waals surface area contributed by atoms with Gasteiger partial charge in [-0.2, -0.15) is 0 Å². The molecule has 1 aromatic heterocycles. The van der Waals surface area contributed by atoms with Gasteiger partial charge in [0.15, 0.2) is 6.29 Å². The number of aldehydes is 1. The highest BCUT2D eigenvalue weighted by atomic mass is 19.1. The van der Waals surface area contributed by atoms with Crippen molar-refractivity contribution in [3.8, 4) is 5.75 Å². The zero-order valence-electron chi connectivity index (χ0n) is 10.2. The van der Waals surface area contributed by atoms with Crippen molar-refractivity contribution in [2.75, 3.05) is 13.2 Å². The van der Waals surface area contributed by atoms with E-state index in [0.29, 0.717) is 35.1 Å². The first-order valence-corrected chi connectivity index (χ1v) is 5.74. The number of hydrogen-bond acceptors (Lipinski definition) is 4. The SMILES string of the molecule is NC/C(=C\F)COc1ccc2nc(C=O)ccc2c1. The first-order chi connectivity index (χ1) is 9.26. The van der Waals surface area contributed by atoms with E-state index < -0.39 is 0 Å². The van der Waals surface area contributed by atoms with Crippen molar-refractivity contribution < 1.29 is 13.9 Å². The summed E-state index contributed by atoms with van der Waals surface area (Å²) in [6, 6.07) is 8.66.